The SMILES string of the molecule is CCN(CC1CCCNC1)c1ccncc1Br. The van der Waals surface area contributed by atoms with Crippen LogP contribution in [0.3, 0.4) is 0 Å². The number of hydrogen-bond acceptors (Lipinski definition) is 3. The van der Waals surface area contributed by atoms with E-state index in [1.807, 2.05) is 12.4 Å². The van der Waals surface area contributed by atoms with Crippen LogP contribution in [0.1, 0.15) is 19.8 Å². The van der Waals surface area contributed by atoms with Gasteiger partial charge in [-0.05, 0) is 60.8 Å². The molecule has 1 N–H and O–H groups in total. The summed E-state index contributed by atoms with van der Waals surface area (Å²) in [5, 5.41) is 3.48. The lowest BCUT2D eigenvalue weighted by molar-refractivity contribution is 0.378. The second-order valence-electron chi connectivity index (χ2n) is 4.58. The van der Waals surface area contributed by atoms with E-state index in [9.17, 15) is 0 Å². The van der Waals surface area contributed by atoms with Crippen LogP contribution in [0.15, 0.2) is 22.9 Å². The summed E-state index contributed by atoms with van der Waals surface area (Å²) in [4.78, 5) is 6.56. The van der Waals surface area contributed by atoms with Gasteiger partial charge in [0.05, 0.1) is 10.2 Å². The zero-order valence-corrected chi connectivity index (χ0v) is 11.9. The summed E-state index contributed by atoms with van der Waals surface area (Å²) in [7, 11) is 0. The van der Waals surface area contributed by atoms with E-state index in [2.05, 4.69) is 44.1 Å². The van der Waals surface area contributed by atoms with Gasteiger partial charge < -0.3 is 10.2 Å². The van der Waals surface area contributed by atoms with Crippen molar-refractivity contribution in [1.82, 2.24) is 10.3 Å². The quantitative estimate of drug-likeness (QED) is 0.926. The Kier molecular flexibility index (Phi) is 4.80. The first-order chi connectivity index (χ1) is 8.31. The summed E-state index contributed by atoms with van der Waals surface area (Å²) in [6, 6.07) is 2.09. The lowest BCUT2D eigenvalue weighted by Crippen LogP contribution is -2.38. The predicted molar refractivity (Wildman–Crippen MR) is 75.4 cm³/mol. The summed E-state index contributed by atoms with van der Waals surface area (Å²) in [5.74, 6) is 0.767. The molecule has 0 spiro atoms. The van der Waals surface area contributed by atoms with Crippen LogP contribution in [0.4, 0.5) is 5.69 Å². The van der Waals surface area contributed by atoms with Crippen LogP contribution in [0, 0.1) is 5.92 Å². The minimum Gasteiger partial charge on any atom is -0.370 e. The third kappa shape index (κ3) is 3.42. The normalized spacial score (nSPS) is 20.2. The van der Waals surface area contributed by atoms with E-state index in [1.165, 1.54) is 25.1 Å². The van der Waals surface area contributed by atoms with Crippen molar-refractivity contribution in [3.63, 3.8) is 0 Å². The molecule has 0 radical (unpaired) electrons. The number of halogens is 1. The van der Waals surface area contributed by atoms with Crippen molar-refractivity contribution >= 4 is 21.6 Å². The van der Waals surface area contributed by atoms with E-state index in [0.29, 0.717) is 0 Å². The Bertz CT molecular complexity index is 350. The Balaban J connectivity index is 2.03. The van der Waals surface area contributed by atoms with Gasteiger partial charge in [0.2, 0.25) is 0 Å². The summed E-state index contributed by atoms with van der Waals surface area (Å²) < 4.78 is 1.09. The minimum absolute atomic E-state index is 0.767. The topological polar surface area (TPSA) is 28.2 Å². The zero-order chi connectivity index (χ0) is 12.1. The molecule has 0 aromatic carbocycles. The standard InChI is InChI=1S/C13H20BrN3/c1-2-17(10-11-4-3-6-15-8-11)13-5-7-16-9-12(13)14/h5,7,9,11,15H,2-4,6,8,10H2,1H3. The van der Waals surface area contributed by atoms with E-state index in [-0.39, 0.29) is 0 Å². The molecule has 3 nitrogen and oxygen atoms in total. The third-order valence-corrected chi connectivity index (χ3v) is 3.96. The zero-order valence-electron chi connectivity index (χ0n) is 10.3. The molecule has 94 valence electrons. The predicted octanol–water partition coefficient (Wildman–Crippen LogP) is 2.67. The fourth-order valence-electron chi connectivity index (χ4n) is 2.41. The number of anilines is 1. The largest absolute Gasteiger partial charge is 0.370 e. The molecular formula is C13H20BrN3. The molecule has 2 rings (SSSR count). The van der Waals surface area contributed by atoms with Crippen LogP contribution in [0.5, 0.6) is 0 Å². The van der Waals surface area contributed by atoms with Gasteiger partial charge in [-0.15, -0.1) is 0 Å². The Morgan fingerprint density at radius 1 is 1.59 bits per heavy atom. The second-order valence-corrected chi connectivity index (χ2v) is 5.43. The highest BCUT2D eigenvalue weighted by Crippen LogP contribution is 2.26. The third-order valence-electron chi connectivity index (χ3n) is 3.35. The number of nitrogens with zero attached hydrogens (tertiary/aromatic N) is 2. The van der Waals surface area contributed by atoms with Crippen LogP contribution >= 0.6 is 15.9 Å². The first-order valence-corrected chi connectivity index (χ1v) is 7.15. The van der Waals surface area contributed by atoms with Crippen molar-refractivity contribution in [3.8, 4) is 0 Å². The molecule has 1 aromatic rings. The molecule has 17 heavy (non-hydrogen) atoms. The van der Waals surface area contributed by atoms with E-state index in [1.54, 1.807) is 0 Å². The Labute approximate surface area is 112 Å². The maximum Gasteiger partial charge on any atom is 0.0592 e. The Morgan fingerprint density at radius 3 is 3.12 bits per heavy atom. The van der Waals surface area contributed by atoms with Gasteiger partial charge in [-0.1, -0.05) is 0 Å². The monoisotopic (exact) mass is 297 g/mol. The van der Waals surface area contributed by atoms with Crippen molar-refractivity contribution in [2.45, 2.75) is 19.8 Å². The highest BCUT2D eigenvalue weighted by atomic mass is 79.9. The van der Waals surface area contributed by atoms with Crippen molar-refractivity contribution in [1.29, 1.82) is 0 Å². The molecule has 0 bridgehead atoms. The molecule has 1 unspecified atom stereocenters. The summed E-state index contributed by atoms with van der Waals surface area (Å²) >= 11 is 3.58. The maximum absolute atomic E-state index is 4.12. The Hall–Kier alpha value is -0.610. The number of piperidine rings is 1. The van der Waals surface area contributed by atoms with Gasteiger partial charge in [0, 0.05) is 25.5 Å². The van der Waals surface area contributed by atoms with E-state index in [0.717, 1.165) is 30.0 Å². The maximum atomic E-state index is 4.12. The van der Waals surface area contributed by atoms with E-state index < -0.39 is 0 Å². The molecule has 1 fully saturated rings. The van der Waals surface area contributed by atoms with E-state index in [4.69, 9.17) is 0 Å². The van der Waals surface area contributed by atoms with Crippen molar-refractivity contribution in [2.24, 2.45) is 5.92 Å². The van der Waals surface area contributed by atoms with Crippen LogP contribution in [-0.2, 0) is 0 Å². The lowest BCUT2D eigenvalue weighted by Gasteiger charge is -2.31. The molecule has 1 aromatic heterocycles. The van der Waals surface area contributed by atoms with Gasteiger partial charge in [0.25, 0.3) is 0 Å². The molecule has 0 aliphatic carbocycles. The Morgan fingerprint density at radius 2 is 2.47 bits per heavy atom. The molecule has 1 atom stereocenters. The molecule has 1 aliphatic rings. The van der Waals surface area contributed by atoms with Crippen molar-refractivity contribution < 1.29 is 0 Å². The molecule has 4 heteroatoms. The summed E-state index contributed by atoms with van der Waals surface area (Å²) in [5.41, 5.74) is 1.26. The lowest BCUT2D eigenvalue weighted by atomic mass is 9.99. The first kappa shape index (κ1) is 12.8. The van der Waals surface area contributed by atoms with Gasteiger partial charge in [0.1, 0.15) is 0 Å². The molecule has 2 heterocycles. The molecule has 0 saturated carbocycles. The van der Waals surface area contributed by atoms with Crippen LogP contribution < -0.4 is 10.2 Å². The second kappa shape index (κ2) is 6.36. The minimum atomic E-state index is 0.767. The van der Waals surface area contributed by atoms with Gasteiger partial charge in [-0.2, -0.15) is 0 Å². The van der Waals surface area contributed by atoms with Crippen molar-refractivity contribution in [2.75, 3.05) is 31.1 Å². The smallest absolute Gasteiger partial charge is 0.0592 e. The average Bonchev–Trinajstić information content (AvgIpc) is 2.38. The van der Waals surface area contributed by atoms with Gasteiger partial charge in [0.15, 0.2) is 0 Å². The number of pyridine rings is 1. The van der Waals surface area contributed by atoms with Gasteiger partial charge >= 0.3 is 0 Å². The van der Waals surface area contributed by atoms with Crippen molar-refractivity contribution in [3.05, 3.63) is 22.9 Å². The van der Waals surface area contributed by atoms with Crippen LogP contribution in [0.25, 0.3) is 0 Å². The number of hydrogen-bond donors (Lipinski definition) is 1. The highest BCUT2D eigenvalue weighted by molar-refractivity contribution is 9.10. The van der Waals surface area contributed by atoms with Crippen LogP contribution in [-0.4, -0.2) is 31.2 Å². The fourth-order valence-corrected chi connectivity index (χ4v) is 2.91. The molecule has 1 aliphatic heterocycles. The highest BCUT2D eigenvalue weighted by Gasteiger charge is 2.17. The molecule has 0 amide bonds. The number of aromatic nitrogens is 1. The summed E-state index contributed by atoms with van der Waals surface area (Å²) in [6.45, 7) is 6.72. The molecular weight excluding hydrogens is 278 g/mol. The molecule has 1 saturated heterocycles. The average molecular weight is 298 g/mol. The van der Waals surface area contributed by atoms with E-state index >= 15 is 0 Å². The number of rotatable bonds is 4. The number of nitrogens with one attached hydrogen (secondary N) is 1. The fraction of sp³-hybridized carbons (Fsp3) is 0.615. The van der Waals surface area contributed by atoms with Crippen LogP contribution in [0.2, 0.25) is 0 Å². The van der Waals surface area contributed by atoms with Gasteiger partial charge in [-0.25, -0.2) is 0 Å². The summed E-state index contributed by atoms with van der Waals surface area (Å²) in [6.07, 6.45) is 6.38. The first-order valence-electron chi connectivity index (χ1n) is 6.36. The van der Waals surface area contributed by atoms with Gasteiger partial charge in [-0.3, -0.25) is 4.98 Å².